The Labute approximate surface area is 177 Å². The maximum Gasteiger partial charge on any atom is 0.246 e. The van der Waals surface area contributed by atoms with E-state index in [2.05, 4.69) is 28.4 Å². The first-order chi connectivity index (χ1) is 14.5. The molecule has 4 rings (SSSR count). The second kappa shape index (κ2) is 8.26. The van der Waals surface area contributed by atoms with Crippen LogP contribution in [0.5, 0.6) is 0 Å². The number of anilines is 2. The van der Waals surface area contributed by atoms with Crippen molar-refractivity contribution in [3.05, 3.63) is 59.1 Å². The summed E-state index contributed by atoms with van der Waals surface area (Å²) in [5, 5.41) is 7.84. The van der Waals surface area contributed by atoms with Gasteiger partial charge in [-0.05, 0) is 55.4 Å². The molecule has 0 radical (unpaired) electrons. The summed E-state index contributed by atoms with van der Waals surface area (Å²) in [6.07, 6.45) is 7.11. The van der Waals surface area contributed by atoms with Crippen molar-refractivity contribution in [2.75, 3.05) is 36.8 Å². The van der Waals surface area contributed by atoms with Gasteiger partial charge in [-0.1, -0.05) is 12.6 Å². The second-order valence-corrected chi connectivity index (χ2v) is 8.02. The van der Waals surface area contributed by atoms with Gasteiger partial charge in [-0.25, -0.2) is 9.97 Å². The number of nitrogens with two attached hydrogens (primary N) is 1. The Morgan fingerprint density at radius 1 is 1.27 bits per heavy atom. The van der Waals surface area contributed by atoms with Gasteiger partial charge in [-0.2, -0.15) is 0 Å². The molecule has 1 fully saturated rings. The van der Waals surface area contributed by atoms with Gasteiger partial charge in [0.1, 0.15) is 12.1 Å². The van der Waals surface area contributed by atoms with E-state index in [-0.39, 0.29) is 5.91 Å². The Hall–Kier alpha value is -3.22. The topological polar surface area (TPSA) is 99.2 Å². The summed E-state index contributed by atoms with van der Waals surface area (Å²) >= 11 is 0. The van der Waals surface area contributed by atoms with Crippen LogP contribution < -0.4 is 10.6 Å². The Bertz CT molecular complexity index is 993. The number of rotatable bonds is 4. The monoisotopic (exact) mass is 404 g/mol. The van der Waals surface area contributed by atoms with Gasteiger partial charge in [0, 0.05) is 54.9 Å². The highest BCUT2D eigenvalue weighted by atomic mass is 16.2. The minimum Gasteiger partial charge on any atom is -0.398 e. The van der Waals surface area contributed by atoms with Crippen LogP contribution in [0.1, 0.15) is 40.3 Å². The Balaban J connectivity index is 1.58. The first-order valence-corrected chi connectivity index (χ1v) is 10.4. The van der Waals surface area contributed by atoms with Gasteiger partial charge in [-0.15, -0.1) is 0 Å². The molecular formula is C23H28N6O. The number of amides is 1. The Morgan fingerprint density at radius 3 is 2.73 bits per heavy atom. The van der Waals surface area contributed by atoms with Crippen molar-refractivity contribution in [1.82, 2.24) is 14.9 Å². The van der Waals surface area contributed by atoms with E-state index in [1.807, 2.05) is 17.0 Å². The number of nitrogens with zero attached hydrogens (tertiary/aromatic N) is 4. The van der Waals surface area contributed by atoms with Crippen molar-refractivity contribution in [2.45, 2.75) is 32.1 Å². The summed E-state index contributed by atoms with van der Waals surface area (Å²) in [5.41, 5.74) is 12.3. The van der Waals surface area contributed by atoms with Crippen LogP contribution in [0.25, 0.3) is 0 Å². The van der Waals surface area contributed by atoms with Gasteiger partial charge in [0.25, 0.3) is 0 Å². The number of carbonyl (C=O) groups is 1. The van der Waals surface area contributed by atoms with Gasteiger partial charge >= 0.3 is 0 Å². The summed E-state index contributed by atoms with van der Waals surface area (Å²) in [7, 11) is 0. The summed E-state index contributed by atoms with van der Waals surface area (Å²) < 4.78 is 0. The normalized spacial score (nSPS) is 18.6. The third-order valence-electron chi connectivity index (χ3n) is 6.35. The standard InChI is InChI=1S/C23H28N6O/c1-3-21(30)28-8-10-29(11-9-28)23-17-6-5-16(12-20(17)26-14-27-23)22-15(2)4-7-19(25)18(22)13-24/h3-4,7,13-14,16,24H,1,5-6,8-12,25H2,2H3. The van der Waals surface area contributed by atoms with Crippen LogP contribution in [0.2, 0.25) is 0 Å². The van der Waals surface area contributed by atoms with E-state index in [4.69, 9.17) is 11.1 Å². The molecule has 1 aliphatic carbocycles. The molecule has 0 spiro atoms. The van der Waals surface area contributed by atoms with Gasteiger partial charge in [0.05, 0.1) is 0 Å². The summed E-state index contributed by atoms with van der Waals surface area (Å²) in [6, 6.07) is 3.93. The van der Waals surface area contributed by atoms with Gasteiger partial charge < -0.3 is 20.9 Å². The number of aryl methyl sites for hydroxylation is 1. The van der Waals surface area contributed by atoms with Crippen molar-refractivity contribution in [2.24, 2.45) is 0 Å². The molecule has 2 aliphatic rings. The molecule has 2 heterocycles. The highest BCUT2D eigenvalue weighted by Crippen LogP contribution is 2.38. The maximum atomic E-state index is 11.9. The average Bonchev–Trinajstić information content (AvgIpc) is 2.79. The lowest BCUT2D eigenvalue weighted by Gasteiger charge is -2.37. The molecule has 1 amide bonds. The third-order valence-corrected chi connectivity index (χ3v) is 6.35. The molecule has 0 saturated carbocycles. The molecule has 30 heavy (non-hydrogen) atoms. The SMILES string of the molecule is C=CC(=O)N1CCN(c2ncnc3c2CCC(c2c(C)ccc(N)c2C=N)C3)CC1. The van der Waals surface area contributed by atoms with Crippen LogP contribution in [-0.4, -0.2) is 53.2 Å². The summed E-state index contributed by atoms with van der Waals surface area (Å²) in [6.45, 7) is 8.55. The molecule has 7 nitrogen and oxygen atoms in total. The van der Waals surface area contributed by atoms with Crippen molar-refractivity contribution < 1.29 is 4.79 Å². The van der Waals surface area contributed by atoms with E-state index in [1.165, 1.54) is 29.0 Å². The minimum atomic E-state index is -0.0123. The lowest BCUT2D eigenvalue weighted by atomic mass is 9.78. The zero-order chi connectivity index (χ0) is 21.3. The van der Waals surface area contributed by atoms with Gasteiger partial charge in [0.2, 0.25) is 5.91 Å². The average molecular weight is 405 g/mol. The summed E-state index contributed by atoms with van der Waals surface area (Å²) in [5.74, 6) is 1.28. The number of nitrogen functional groups attached to an aromatic ring is 1. The smallest absolute Gasteiger partial charge is 0.246 e. The van der Waals surface area contributed by atoms with Crippen molar-refractivity contribution in [3.63, 3.8) is 0 Å². The maximum absolute atomic E-state index is 11.9. The molecule has 156 valence electrons. The number of hydrogen-bond acceptors (Lipinski definition) is 6. The van der Waals surface area contributed by atoms with Crippen molar-refractivity contribution in [3.8, 4) is 0 Å². The molecular weight excluding hydrogens is 376 g/mol. The van der Waals surface area contributed by atoms with E-state index in [9.17, 15) is 4.79 Å². The van der Waals surface area contributed by atoms with Crippen LogP contribution in [0, 0.1) is 12.3 Å². The third kappa shape index (κ3) is 3.56. The highest BCUT2D eigenvalue weighted by Gasteiger charge is 2.29. The van der Waals surface area contributed by atoms with E-state index >= 15 is 0 Å². The van der Waals surface area contributed by atoms with E-state index < -0.39 is 0 Å². The van der Waals surface area contributed by atoms with Crippen LogP contribution in [0.3, 0.4) is 0 Å². The van der Waals surface area contributed by atoms with Gasteiger partial charge in [-0.3, -0.25) is 4.79 Å². The molecule has 2 aromatic rings. The first kappa shape index (κ1) is 20.1. The highest BCUT2D eigenvalue weighted by molar-refractivity contribution is 5.88. The van der Waals surface area contributed by atoms with E-state index in [0.717, 1.165) is 49.4 Å². The first-order valence-electron chi connectivity index (χ1n) is 10.4. The number of benzene rings is 1. The molecule has 1 saturated heterocycles. The predicted octanol–water partition coefficient (Wildman–Crippen LogP) is 2.47. The fraction of sp³-hybridized carbons (Fsp3) is 0.391. The molecule has 1 aromatic carbocycles. The Kier molecular flexibility index (Phi) is 5.53. The molecule has 1 aromatic heterocycles. The lowest BCUT2D eigenvalue weighted by molar-refractivity contribution is -0.126. The number of hydrogen-bond donors (Lipinski definition) is 2. The quantitative estimate of drug-likeness (QED) is 0.463. The molecule has 3 N–H and O–H groups in total. The predicted molar refractivity (Wildman–Crippen MR) is 119 cm³/mol. The molecule has 0 bridgehead atoms. The lowest BCUT2D eigenvalue weighted by Crippen LogP contribution is -2.49. The summed E-state index contributed by atoms with van der Waals surface area (Å²) in [4.78, 5) is 25.2. The Morgan fingerprint density at radius 2 is 2.03 bits per heavy atom. The molecule has 1 atom stereocenters. The second-order valence-electron chi connectivity index (χ2n) is 8.02. The van der Waals surface area contributed by atoms with Crippen LogP contribution >= 0.6 is 0 Å². The number of piperazine rings is 1. The van der Waals surface area contributed by atoms with Crippen LogP contribution in [-0.2, 0) is 17.6 Å². The number of carbonyl (C=O) groups excluding carboxylic acids is 1. The number of nitrogens with one attached hydrogen (secondary N) is 1. The number of aromatic nitrogens is 2. The fourth-order valence-electron chi connectivity index (χ4n) is 4.78. The van der Waals surface area contributed by atoms with E-state index in [0.29, 0.717) is 24.7 Å². The van der Waals surface area contributed by atoms with Crippen molar-refractivity contribution in [1.29, 1.82) is 5.41 Å². The fourth-order valence-corrected chi connectivity index (χ4v) is 4.78. The van der Waals surface area contributed by atoms with Gasteiger partial charge in [0.15, 0.2) is 0 Å². The zero-order valence-corrected chi connectivity index (χ0v) is 17.4. The largest absolute Gasteiger partial charge is 0.398 e. The number of fused-ring (bicyclic) bond motifs is 1. The zero-order valence-electron chi connectivity index (χ0n) is 17.4. The van der Waals surface area contributed by atoms with Crippen LogP contribution in [0.4, 0.5) is 11.5 Å². The molecule has 1 aliphatic heterocycles. The van der Waals surface area contributed by atoms with E-state index in [1.54, 1.807) is 6.33 Å². The minimum absolute atomic E-state index is 0.0123. The van der Waals surface area contributed by atoms with Crippen LogP contribution in [0.15, 0.2) is 31.1 Å². The molecule has 7 heteroatoms. The van der Waals surface area contributed by atoms with Crippen molar-refractivity contribution >= 4 is 23.6 Å². The molecule has 1 unspecified atom stereocenters.